The molecule has 1 aliphatic heterocycles. The van der Waals surface area contributed by atoms with Crippen molar-refractivity contribution in [2.45, 2.75) is 19.4 Å². The molecule has 1 aromatic rings. The fourth-order valence-electron chi connectivity index (χ4n) is 2.04. The van der Waals surface area contributed by atoms with Gasteiger partial charge < -0.3 is 16.0 Å². The van der Waals surface area contributed by atoms with Gasteiger partial charge in [0.1, 0.15) is 5.82 Å². The molecule has 17 heavy (non-hydrogen) atoms. The van der Waals surface area contributed by atoms with Gasteiger partial charge in [-0.05, 0) is 12.5 Å². The molecule has 1 unspecified atom stereocenters. The summed E-state index contributed by atoms with van der Waals surface area (Å²) in [5.74, 6) is 0.724. The second kappa shape index (κ2) is 4.79. The number of nitrogen functional groups attached to an aromatic ring is 1. The Morgan fingerprint density at radius 1 is 1.71 bits per heavy atom. The van der Waals surface area contributed by atoms with Gasteiger partial charge in [-0.15, -0.1) is 0 Å². The fourth-order valence-corrected chi connectivity index (χ4v) is 2.33. The second-order valence-electron chi connectivity index (χ2n) is 4.21. The molecule has 1 fully saturated rings. The van der Waals surface area contributed by atoms with Gasteiger partial charge in [-0.3, -0.25) is 4.79 Å². The average molecular weight is 255 g/mol. The van der Waals surface area contributed by atoms with E-state index < -0.39 is 0 Å². The molecule has 92 valence electrons. The highest BCUT2D eigenvalue weighted by Gasteiger charge is 2.25. The Hall–Kier alpha value is -1.49. The third-order valence-corrected chi connectivity index (χ3v) is 3.02. The molecule has 1 amide bonds. The van der Waals surface area contributed by atoms with Crippen LogP contribution in [0, 0.1) is 0 Å². The van der Waals surface area contributed by atoms with Gasteiger partial charge in [-0.2, -0.15) is 0 Å². The van der Waals surface area contributed by atoms with Crippen molar-refractivity contribution in [3.8, 4) is 0 Å². The van der Waals surface area contributed by atoms with Crippen LogP contribution in [-0.4, -0.2) is 30.0 Å². The number of carbonyl (C=O) groups is 1. The summed E-state index contributed by atoms with van der Waals surface area (Å²) in [6.07, 6.45) is 2.49. The summed E-state index contributed by atoms with van der Waals surface area (Å²) in [5.41, 5.74) is 6.15. The third-order valence-electron chi connectivity index (χ3n) is 2.74. The Bertz CT molecular complexity index is 437. The highest BCUT2D eigenvalue weighted by molar-refractivity contribution is 6.33. The Labute approximate surface area is 105 Å². The molecule has 2 heterocycles. The zero-order valence-corrected chi connectivity index (χ0v) is 10.4. The topological polar surface area (TPSA) is 71.2 Å². The maximum absolute atomic E-state index is 11.0. The summed E-state index contributed by atoms with van der Waals surface area (Å²) in [7, 11) is 0. The number of carbonyl (C=O) groups excluding carboxylic acids is 1. The van der Waals surface area contributed by atoms with E-state index in [1.807, 2.05) is 0 Å². The molecular formula is C11H15ClN4O. The first-order chi connectivity index (χ1) is 8.06. The van der Waals surface area contributed by atoms with Gasteiger partial charge in [-0.1, -0.05) is 11.6 Å². The van der Waals surface area contributed by atoms with Crippen LogP contribution in [0.25, 0.3) is 0 Å². The van der Waals surface area contributed by atoms with Crippen LogP contribution in [0.4, 0.5) is 11.5 Å². The van der Waals surface area contributed by atoms with Crippen LogP contribution in [0.15, 0.2) is 12.3 Å². The Balaban J connectivity index is 2.07. The lowest BCUT2D eigenvalue weighted by molar-refractivity contribution is -0.119. The predicted molar refractivity (Wildman–Crippen MR) is 68.1 cm³/mol. The van der Waals surface area contributed by atoms with Crippen LogP contribution < -0.4 is 16.0 Å². The first-order valence-corrected chi connectivity index (χ1v) is 5.87. The maximum atomic E-state index is 11.0. The van der Waals surface area contributed by atoms with Crippen molar-refractivity contribution in [3.63, 3.8) is 0 Å². The molecule has 5 nitrogen and oxygen atoms in total. The second-order valence-corrected chi connectivity index (χ2v) is 4.61. The largest absolute Gasteiger partial charge is 0.397 e. The van der Waals surface area contributed by atoms with Gasteiger partial charge in [0.05, 0.1) is 16.9 Å². The SMILES string of the molecule is CC(=O)NC1CCN(c2ncc(N)cc2Cl)C1. The molecule has 6 heteroatoms. The number of nitrogens with two attached hydrogens (primary N) is 1. The molecule has 1 saturated heterocycles. The number of hydrogen-bond acceptors (Lipinski definition) is 4. The molecule has 3 N–H and O–H groups in total. The van der Waals surface area contributed by atoms with E-state index >= 15 is 0 Å². The number of nitrogens with one attached hydrogen (secondary N) is 1. The van der Waals surface area contributed by atoms with Crippen LogP contribution in [0.5, 0.6) is 0 Å². The van der Waals surface area contributed by atoms with E-state index in [4.69, 9.17) is 17.3 Å². The zero-order chi connectivity index (χ0) is 12.4. The number of anilines is 2. The van der Waals surface area contributed by atoms with E-state index in [1.165, 1.54) is 6.92 Å². The smallest absolute Gasteiger partial charge is 0.217 e. The van der Waals surface area contributed by atoms with Crippen molar-refractivity contribution in [3.05, 3.63) is 17.3 Å². The lowest BCUT2D eigenvalue weighted by atomic mass is 10.2. The van der Waals surface area contributed by atoms with E-state index in [2.05, 4.69) is 15.2 Å². The standard InChI is InChI=1S/C11H15ClN4O/c1-7(17)15-9-2-3-16(6-9)11-10(12)4-8(13)5-14-11/h4-5,9H,2-3,6,13H2,1H3,(H,15,17). The minimum Gasteiger partial charge on any atom is -0.397 e. The van der Waals surface area contributed by atoms with Gasteiger partial charge in [0.15, 0.2) is 0 Å². The van der Waals surface area contributed by atoms with Crippen molar-refractivity contribution >= 4 is 29.0 Å². The first-order valence-electron chi connectivity index (χ1n) is 5.49. The van der Waals surface area contributed by atoms with E-state index in [1.54, 1.807) is 12.3 Å². The first kappa shape index (κ1) is 12.0. The minimum atomic E-state index is -0.00628. The molecule has 1 atom stereocenters. The van der Waals surface area contributed by atoms with Gasteiger partial charge in [0, 0.05) is 26.1 Å². The molecular weight excluding hydrogens is 240 g/mol. The van der Waals surface area contributed by atoms with Gasteiger partial charge in [0.2, 0.25) is 5.91 Å². The Kier molecular flexibility index (Phi) is 3.38. The monoisotopic (exact) mass is 254 g/mol. The van der Waals surface area contributed by atoms with Crippen LogP contribution in [-0.2, 0) is 4.79 Å². The molecule has 0 bridgehead atoms. The normalized spacial score (nSPS) is 19.4. The van der Waals surface area contributed by atoms with E-state index in [9.17, 15) is 4.79 Å². The molecule has 0 spiro atoms. The summed E-state index contributed by atoms with van der Waals surface area (Å²) >= 11 is 6.09. The fraction of sp³-hybridized carbons (Fsp3) is 0.455. The number of pyridine rings is 1. The van der Waals surface area contributed by atoms with Crippen molar-refractivity contribution < 1.29 is 4.79 Å². The molecule has 0 aliphatic carbocycles. The number of amides is 1. The van der Waals surface area contributed by atoms with E-state index in [0.29, 0.717) is 10.7 Å². The van der Waals surface area contributed by atoms with Crippen molar-refractivity contribution in [2.24, 2.45) is 0 Å². The number of hydrogen-bond donors (Lipinski definition) is 2. The Morgan fingerprint density at radius 3 is 3.12 bits per heavy atom. The third kappa shape index (κ3) is 2.79. The number of aromatic nitrogens is 1. The van der Waals surface area contributed by atoms with Crippen molar-refractivity contribution in [1.29, 1.82) is 0 Å². The van der Waals surface area contributed by atoms with Gasteiger partial charge >= 0.3 is 0 Å². The molecule has 1 aliphatic rings. The van der Waals surface area contributed by atoms with Crippen molar-refractivity contribution in [2.75, 3.05) is 23.7 Å². The quantitative estimate of drug-likeness (QED) is 0.827. The highest BCUT2D eigenvalue weighted by atomic mass is 35.5. The summed E-state index contributed by atoms with van der Waals surface area (Å²) in [4.78, 5) is 17.3. The van der Waals surface area contributed by atoms with Crippen LogP contribution >= 0.6 is 11.6 Å². The minimum absolute atomic E-state index is 0.00628. The number of halogens is 1. The highest BCUT2D eigenvalue weighted by Crippen LogP contribution is 2.27. The van der Waals surface area contributed by atoms with E-state index in [-0.39, 0.29) is 11.9 Å². The zero-order valence-electron chi connectivity index (χ0n) is 9.61. The molecule has 0 radical (unpaired) electrons. The molecule has 2 rings (SSSR count). The van der Waals surface area contributed by atoms with Crippen molar-refractivity contribution in [1.82, 2.24) is 10.3 Å². The number of nitrogens with zero attached hydrogens (tertiary/aromatic N) is 2. The lowest BCUT2D eigenvalue weighted by Gasteiger charge is -2.19. The lowest BCUT2D eigenvalue weighted by Crippen LogP contribution is -2.35. The predicted octanol–water partition coefficient (Wildman–Crippen LogP) is 1.03. The summed E-state index contributed by atoms with van der Waals surface area (Å²) in [6, 6.07) is 1.86. The number of rotatable bonds is 2. The average Bonchev–Trinajstić information content (AvgIpc) is 2.65. The molecule has 0 aromatic carbocycles. The Morgan fingerprint density at radius 2 is 2.47 bits per heavy atom. The molecule has 1 aromatic heterocycles. The van der Waals surface area contributed by atoms with Gasteiger partial charge in [0.25, 0.3) is 0 Å². The summed E-state index contributed by atoms with van der Waals surface area (Å²) in [6.45, 7) is 3.09. The van der Waals surface area contributed by atoms with Crippen LogP contribution in [0.1, 0.15) is 13.3 Å². The molecule has 0 saturated carbocycles. The van der Waals surface area contributed by atoms with Crippen LogP contribution in [0.3, 0.4) is 0 Å². The van der Waals surface area contributed by atoms with Gasteiger partial charge in [-0.25, -0.2) is 4.98 Å². The summed E-state index contributed by atoms with van der Waals surface area (Å²) in [5, 5.41) is 3.45. The summed E-state index contributed by atoms with van der Waals surface area (Å²) < 4.78 is 0. The van der Waals surface area contributed by atoms with Crippen LogP contribution in [0.2, 0.25) is 5.02 Å². The maximum Gasteiger partial charge on any atom is 0.217 e. The van der Waals surface area contributed by atoms with E-state index in [0.717, 1.165) is 25.3 Å².